The number of nitrogens with zero attached hydrogens (tertiary/aromatic N) is 6. The average Bonchev–Trinajstić information content (AvgIpc) is 3.13. The normalized spacial score (nSPS) is 23.4. The molecule has 9 nitrogen and oxygen atoms in total. The van der Waals surface area contributed by atoms with Gasteiger partial charge in [0.2, 0.25) is 5.65 Å². The first-order chi connectivity index (χ1) is 17.5. The lowest BCUT2D eigenvalue weighted by atomic mass is 9.96. The van der Waals surface area contributed by atoms with Gasteiger partial charge in [0.05, 0.1) is 23.1 Å². The lowest BCUT2D eigenvalue weighted by molar-refractivity contribution is 0.544. The molecular weight excluding hydrogens is 483 g/mol. The molecule has 1 aliphatic heterocycles. The Morgan fingerprint density at radius 1 is 1.19 bits per heavy atom. The minimum absolute atomic E-state index is 0.214. The van der Waals surface area contributed by atoms with Crippen molar-refractivity contribution in [2.75, 3.05) is 24.5 Å². The molecule has 1 saturated carbocycles. The molecule has 5 heterocycles. The van der Waals surface area contributed by atoms with Crippen LogP contribution in [-0.4, -0.2) is 49.8 Å². The number of halogens is 2. The van der Waals surface area contributed by atoms with Gasteiger partial charge in [0, 0.05) is 43.2 Å². The second kappa shape index (κ2) is 7.68. The highest BCUT2D eigenvalue weighted by molar-refractivity contribution is 6.37. The van der Waals surface area contributed by atoms with Gasteiger partial charge in [0.1, 0.15) is 22.7 Å². The lowest BCUT2D eigenvalue weighted by Crippen LogP contribution is -2.32. The maximum atomic E-state index is 13.4. The van der Waals surface area contributed by atoms with E-state index in [1.54, 1.807) is 19.2 Å². The van der Waals surface area contributed by atoms with Crippen molar-refractivity contribution in [3.05, 3.63) is 59.1 Å². The van der Waals surface area contributed by atoms with Crippen LogP contribution in [0.1, 0.15) is 18.0 Å². The number of H-pyrrole nitrogens is 1. The third-order valence-corrected chi connectivity index (χ3v) is 8.19. The molecule has 5 aromatic rings. The number of piperidine rings is 1. The second-order valence-electron chi connectivity index (χ2n) is 9.56. The summed E-state index contributed by atoms with van der Waals surface area (Å²) in [5, 5.41) is 7.91. The number of aromatic amines is 1. The quantitative estimate of drug-likeness (QED) is 0.376. The largest absolute Gasteiger partial charge is 0.439 e. The van der Waals surface area contributed by atoms with Crippen molar-refractivity contribution in [3.8, 4) is 11.3 Å². The number of aryl methyl sites for hydroxylation is 1. The van der Waals surface area contributed by atoms with Crippen molar-refractivity contribution in [2.24, 2.45) is 17.6 Å². The third kappa shape index (κ3) is 3.00. The van der Waals surface area contributed by atoms with E-state index in [-0.39, 0.29) is 11.2 Å². The summed E-state index contributed by atoms with van der Waals surface area (Å²) < 4.78 is 19.1. The summed E-state index contributed by atoms with van der Waals surface area (Å²) in [4.78, 5) is 20.4. The molecule has 1 saturated heterocycles. The summed E-state index contributed by atoms with van der Waals surface area (Å²) >= 11 is 6.65. The third-order valence-electron chi connectivity index (χ3n) is 7.82. The van der Waals surface area contributed by atoms with Crippen LogP contribution in [0.3, 0.4) is 0 Å². The molecule has 0 radical (unpaired) electrons. The monoisotopic (exact) mass is 504 g/mol. The molecule has 0 bridgehead atoms. The van der Waals surface area contributed by atoms with E-state index in [4.69, 9.17) is 31.7 Å². The van der Waals surface area contributed by atoms with Crippen LogP contribution in [0.25, 0.3) is 33.5 Å². The zero-order chi connectivity index (χ0) is 24.6. The van der Waals surface area contributed by atoms with E-state index in [1.165, 1.54) is 12.3 Å². The van der Waals surface area contributed by atoms with Gasteiger partial charge in [-0.25, -0.2) is 19.3 Å². The summed E-state index contributed by atoms with van der Waals surface area (Å²) in [6.07, 6.45) is 4.00. The molecule has 7 rings (SSSR count). The van der Waals surface area contributed by atoms with Gasteiger partial charge < -0.3 is 15.1 Å². The van der Waals surface area contributed by atoms with Crippen LogP contribution >= 0.6 is 11.6 Å². The van der Waals surface area contributed by atoms with E-state index in [0.717, 1.165) is 36.6 Å². The lowest BCUT2D eigenvalue weighted by Gasteiger charge is -2.26. The molecular formula is C25H22ClFN8O. The molecule has 0 amide bonds. The first-order valence-electron chi connectivity index (χ1n) is 11.8. The molecule has 0 unspecified atom stereocenters. The number of anilines is 1. The number of oxazole rings is 1. The number of nitrogens with two attached hydrogens (primary N) is 1. The summed E-state index contributed by atoms with van der Waals surface area (Å²) in [6.45, 7) is 3.88. The van der Waals surface area contributed by atoms with Crippen LogP contribution in [0, 0.1) is 24.6 Å². The van der Waals surface area contributed by atoms with Crippen molar-refractivity contribution in [3.63, 3.8) is 0 Å². The number of nitrogens with one attached hydrogen (secondary N) is 1. The SMILES string of the molecule is Cc1nc2ccc(-c3[nH]nc4nc(N5CC[C@@H]6[C@H](C5)[C@@]6(CN)c5ccc(F)cn5)cnc34)c(Cl)c2o1. The van der Waals surface area contributed by atoms with Crippen LogP contribution in [-0.2, 0) is 5.41 Å². The van der Waals surface area contributed by atoms with Gasteiger partial charge in [-0.2, -0.15) is 5.10 Å². The van der Waals surface area contributed by atoms with Crippen LogP contribution in [0.5, 0.6) is 0 Å². The van der Waals surface area contributed by atoms with Gasteiger partial charge in [-0.1, -0.05) is 11.6 Å². The van der Waals surface area contributed by atoms with E-state index in [2.05, 4.69) is 25.1 Å². The first-order valence-corrected chi connectivity index (χ1v) is 12.2. The average molecular weight is 505 g/mol. The Morgan fingerprint density at radius 3 is 2.89 bits per heavy atom. The number of hydrogen-bond acceptors (Lipinski definition) is 8. The molecule has 36 heavy (non-hydrogen) atoms. The van der Waals surface area contributed by atoms with Crippen LogP contribution in [0.15, 0.2) is 41.1 Å². The molecule has 11 heteroatoms. The minimum Gasteiger partial charge on any atom is -0.439 e. The molecule has 0 spiro atoms. The van der Waals surface area contributed by atoms with Gasteiger partial charge in [0.15, 0.2) is 11.5 Å². The fourth-order valence-electron chi connectivity index (χ4n) is 6.01. The Kier molecular flexibility index (Phi) is 4.62. The van der Waals surface area contributed by atoms with Gasteiger partial charge in [-0.15, -0.1) is 0 Å². The maximum absolute atomic E-state index is 13.4. The minimum atomic E-state index is -0.338. The predicted molar refractivity (Wildman–Crippen MR) is 133 cm³/mol. The predicted octanol–water partition coefficient (Wildman–Crippen LogP) is 4.01. The first kappa shape index (κ1) is 21.6. The van der Waals surface area contributed by atoms with Crippen molar-refractivity contribution in [2.45, 2.75) is 18.8 Å². The summed E-state index contributed by atoms with van der Waals surface area (Å²) in [6, 6.07) is 6.97. The van der Waals surface area contributed by atoms with Gasteiger partial charge in [-0.05, 0) is 42.5 Å². The van der Waals surface area contributed by atoms with Gasteiger partial charge >= 0.3 is 0 Å². The molecule has 2 fully saturated rings. The Morgan fingerprint density at radius 2 is 2.08 bits per heavy atom. The Labute approximate surface area is 209 Å². The zero-order valence-corrected chi connectivity index (χ0v) is 20.1. The Balaban J connectivity index is 1.19. The van der Waals surface area contributed by atoms with E-state index in [9.17, 15) is 4.39 Å². The van der Waals surface area contributed by atoms with E-state index >= 15 is 0 Å². The molecule has 2 aliphatic rings. The standard InChI is InChI=1S/C25H22ClFN8O/c1-12-31-17-4-3-14(20(26)23(17)36-12)21-22-24(34-33-21)32-19(9-30-22)35-7-6-15-16(10-35)25(15,11-28)18-5-2-13(27)8-29-18/h2-5,8-9,15-16H,6-7,10-11,28H2,1H3,(H,32,33,34)/t15-,16+,25+/m1/s1. The van der Waals surface area contributed by atoms with Crippen molar-refractivity contribution >= 4 is 39.7 Å². The van der Waals surface area contributed by atoms with E-state index in [1.807, 2.05) is 12.1 Å². The molecule has 4 aromatic heterocycles. The number of fused-ring (bicyclic) bond motifs is 3. The van der Waals surface area contributed by atoms with Gasteiger partial charge in [-0.3, -0.25) is 10.1 Å². The maximum Gasteiger partial charge on any atom is 0.202 e. The summed E-state index contributed by atoms with van der Waals surface area (Å²) in [5.74, 6) is 1.74. The molecule has 182 valence electrons. The smallest absolute Gasteiger partial charge is 0.202 e. The second-order valence-corrected chi connectivity index (χ2v) is 9.94. The fraction of sp³-hybridized carbons (Fsp3) is 0.320. The van der Waals surface area contributed by atoms with E-state index in [0.29, 0.717) is 57.3 Å². The van der Waals surface area contributed by atoms with Crippen molar-refractivity contribution < 1.29 is 8.81 Å². The number of pyridine rings is 1. The number of benzene rings is 1. The van der Waals surface area contributed by atoms with Crippen LogP contribution in [0.2, 0.25) is 5.02 Å². The summed E-state index contributed by atoms with van der Waals surface area (Å²) in [5.41, 5.74) is 10.7. The number of hydrogen-bond donors (Lipinski definition) is 2. The van der Waals surface area contributed by atoms with Crippen LogP contribution < -0.4 is 10.6 Å². The van der Waals surface area contributed by atoms with E-state index < -0.39 is 0 Å². The van der Waals surface area contributed by atoms with Gasteiger partial charge in [0.25, 0.3) is 0 Å². The number of rotatable bonds is 4. The molecule has 1 aliphatic carbocycles. The van der Waals surface area contributed by atoms with Crippen molar-refractivity contribution in [1.29, 1.82) is 0 Å². The summed E-state index contributed by atoms with van der Waals surface area (Å²) in [7, 11) is 0. The topological polar surface area (TPSA) is 123 Å². The zero-order valence-electron chi connectivity index (χ0n) is 19.4. The van der Waals surface area contributed by atoms with Crippen molar-refractivity contribution in [1.82, 2.24) is 30.1 Å². The van der Waals surface area contributed by atoms with Crippen LogP contribution in [0.4, 0.5) is 10.2 Å². The highest BCUT2D eigenvalue weighted by atomic mass is 35.5. The Bertz CT molecular complexity index is 1630. The molecule has 3 N–H and O–H groups in total. The molecule has 1 aromatic carbocycles. The molecule has 3 atom stereocenters. The highest BCUT2D eigenvalue weighted by Gasteiger charge is 2.66. The number of aromatic nitrogens is 6. The fourth-order valence-corrected chi connectivity index (χ4v) is 6.31. The Hall–Kier alpha value is -3.63. The highest BCUT2D eigenvalue weighted by Crippen LogP contribution is 2.62.